The van der Waals surface area contributed by atoms with Gasteiger partial charge in [0.1, 0.15) is 12.1 Å². The minimum Gasteiger partial charge on any atom is -0.298 e. The number of hydrogen-bond donors (Lipinski definition) is 1. The molecule has 0 radical (unpaired) electrons. The molecule has 0 aliphatic heterocycles. The van der Waals surface area contributed by atoms with Gasteiger partial charge in [-0.05, 0) is 42.5 Å². The minimum absolute atomic E-state index is 0.123. The van der Waals surface area contributed by atoms with Gasteiger partial charge in [0.25, 0.3) is 5.91 Å². The molecule has 2 heterocycles. The predicted molar refractivity (Wildman–Crippen MR) is 78.7 cm³/mol. The highest BCUT2D eigenvalue weighted by Gasteiger charge is 2.17. The van der Waals surface area contributed by atoms with Crippen LogP contribution in [0.25, 0.3) is 5.69 Å². The number of nitrogens with zero attached hydrogens (tertiary/aromatic N) is 5. The number of tetrazole rings is 1. The molecule has 2 aromatic heterocycles. The molecule has 0 unspecified atom stereocenters. The number of carbonyl (C=O) groups excluding carboxylic acids is 1. The second-order valence-electron chi connectivity index (χ2n) is 4.53. The van der Waals surface area contributed by atoms with Crippen LogP contribution in [0.3, 0.4) is 0 Å². The van der Waals surface area contributed by atoms with Crippen molar-refractivity contribution < 1.29 is 9.18 Å². The van der Waals surface area contributed by atoms with Crippen molar-refractivity contribution in [1.82, 2.24) is 25.2 Å². The number of benzene rings is 1. The van der Waals surface area contributed by atoms with E-state index in [1.807, 2.05) is 13.8 Å². The molecule has 1 N–H and O–H groups in total. The molecule has 112 valence electrons. The largest absolute Gasteiger partial charge is 0.298 e. The van der Waals surface area contributed by atoms with Crippen molar-refractivity contribution in [3.05, 3.63) is 46.5 Å². The molecule has 0 spiro atoms. The Hall–Kier alpha value is -2.68. The van der Waals surface area contributed by atoms with Gasteiger partial charge in [-0.25, -0.2) is 9.37 Å². The zero-order valence-electron chi connectivity index (χ0n) is 11.7. The van der Waals surface area contributed by atoms with Crippen molar-refractivity contribution in [3.63, 3.8) is 0 Å². The van der Waals surface area contributed by atoms with Gasteiger partial charge in [0.05, 0.1) is 16.9 Å². The molecule has 1 aromatic carbocycles. The topological polar surface area (TPSA) is 85.6 Å². The van der Waals surface area contributed by atoms with Crippen LogP contribution in [0.4, 0.5) is 9.52 Å². The maximum absolute atomic E-state index is 13.5. The summed E-state index contributed by atoms with van der Waals surface area (Å²) < 4.78 is 14.8. The van der Waals surface area contributed by atoms with Gasteiger partial charge in [-0.3, -0.25) is 10.1 Å². The van der Waals surface area contributed by atoms with E-state index < -0.39 is 11.7 Å². The number of thiazole rings is 1. The van der Waals surface area contributed by atoms with Crippen LogP contribution in [-0.2, 0) is 0 Å². The summed E-state index contributed by atoms with van der Waals surface area (Å²) in [6, 6.07) is 3.82. The summed E-state index contributed by atoms with van der Waals surface area (Å²) in [7, 11) is 0. The van der Waals surface area contributed by atoms with Gasteiger partial charge >= 0.3 is 0 Å². The Kier molecular flexibility index (Phi) is 3.63. The Morgan fingerprint density at radius 2 is 2.18 bits per heavy atom. The average molecular weight is 318 g/mol. The van der Waals surface area contributed by atoms with E-state index in [1.165, 1.54) is 34.5 Å². The normalized spacial score (nSPS) is 10.7. The highest BCUT2D eigenvalue weighted by molar-refractivity contribution is 7.15. The Labute approximate surface area is 128 Å². The zero-order chi connectivity index (χ0) is 15.7. The van der Waals surface area contributed by atoms with Crippen molar-refractivity contribution in [2.24, 2.45) is 0 Å². The molecule has 0 saturated heterocycles. The fourth-order valence-electron chi connectivity index (χ4n) is 1.85. The van der Waals surface area contributed by atoms with Crippen molar-refractivity contribution in [3.8, 4) is 5.69 Å². The van der Waals surface area contributed by atoms with E-state index in [1.54, 1.807) is 0 Å². The van der Waals surface area contributed by atoms with Crippen LogP contribution in [0.1, 0.15) is 20.9 Å². The third-order valence-corrected chi connectivity index (χ3v) is 4.04. The molecule has 3 rings (SSSR count). The monoisotopic (exact) mass is 318 g/mol. The minimum atomic E-state index is -0.520. The summed E-state index contributed by atoms with van der Waals surface area (Å²) in [5.41, 5.74) is 1.35. The van der Waals surface area contributed by atoms with Crippen molar-refractivity contribution in [2.45, 2.75) is 13.8 Å². The van der Waals surface area contributed by atoms with E-state index in [2.05, 4.69) is 25.8 Å². The molecule has 3 aromatic rings. The molecular weight excluding hydrogens is 307 g/mol. The molecular formula is C13H11FN6OS. The first-order valence-corrected chi connectivity index (χ1v) is 7.14. The number of anilines is 1. The Balaban J connectivity index is 1.96. The summed E-state index contributed by atoms with van der Waals surface area (Å²) in [5.74, 6) is -0.993. The lowest BCUT2D eigenvalue weighted by molar-refractivity contribution is 0.102. The second-order valence-corrected chi connectivity index (χ2v) is 5.73. The Morgan fingerprint density at radius 3 is 2.82 bits per heavy atom. The Bertz CT molecular complexity index is 810. The second kappa shape index (κ2) is 5.60. The molecule has 0 bridgehead atoms. The molecule has 0 atom stereocenters. The smallest absolute Gasteiger partial charge is 0.259 e. The van der Waals surface area contributed by atoms with Gasteiger partial charge < -0.3 is 0 Å². The SMILES string of the molecule is Cc1nc(NC(=O)c2cc(F)ccc2-n2cnnn2)sc1C. The molecule has 9 heteroatoms. The van der Waals surface area contributed by atoms with Crippen molar-refractivity contribution in [2.75, 3.05) is 5.32 Å². The lowest BCUT2D eigenvalue weighted by Crippen LogP contribution is -2.15. The highest BCUT2D eigenvalue weighted by Crippen LogP contribution is 2.23. The number of nitrogens with one attached hydrogen (secondary N) is 1. The standard InChI is InChI=1S/C13H11FN6OS/c1-7-8(2)22-13(16-7)17-12(21)10-5-9(14)3-4-11(10)20-6-15-18-19-20/h3-6H,1-2H3,(H,16,17,21). The summed E-state index contributed by atoms with van der Waals surface area (Å²) >= 11 is 1.36. The number of amides is 1. The maximum atomic E-state index is 13.5. The van der Waals surface area contributed by atoms with Crippen molar-refractivity contribution in [1.29, 1.82) is 0 Å². The van der Waals surface area contributed by atoms with E-state index in [4.69, 9.17) is 0 Å². The van der Waals surface area contributed by atoms with Crippen LogP contribution >= 0.6 is 11.3 Å². The summed E-state index contributed by atoms with van der Waals surface area (Å²) in [4.78, 5) is 17.7. The van der Waals surface area contributed by atoms with E-state index in [-0.39, 0.29) is 5.56 Å². The van der Waals surface area contributed by atoms with Gasteiger partial charge in [-0.2, -0.15) is 4.68 Å². The van der Waals surface area contributed by atoms with Gasteiger partial charge in [0, 0.05) is 4.88 Å². The first-order valence-electron chi connectivity index (χ1n) is 6.33. The molecule has 1 amide bonds. The number of halogens is 1. The average Bonchev–Trinajstić information content (AvgIpc) is 3.10. The molecule has 0 saturated carbocycles. The number of aryl methyl sites for hydroxylation is 2. The quantitative estimate of drug-likeness (QED) is 0.799. The van der Waals surface area contributed by atoms with Gasteiger partial charge in [-0.1, -0.05) is 0 Å². The number of aromatic nitrogens is 5. The van der Waals surface area contributed by atoms with Crippen LogP contribution in [0.5, 0.6) is 0 Å². The third kappa shape index (κ3) is 2.70. The first kappa shape index (κ1) is 14.3. The number of carbonyl (C=O) groups is 1. The van der Waals surface area contributed by atoms with E-state index >= 15 is 0 Å². The number of rotatable bonds is 3. The van der Waals surface area contributed by atoms with Crippen LogP contribution in [0, 0.1) is 19.7 Å². The van der Waals surface area contributed by atoms with E-state index in [0.29, 0.717) is 10.8 Å². The lowest BCUT2D eigenvalue weighted by atomic mass is 10.1. The summed E-state index contributed by atoms with van der Waals surface area (Å²) in [6.07, 6.45) is 1.34. The molecule has 7 nitrogen and oxygen atoms in total. The molecule has 0 aliphatic carbocycles. The van der Waals surface area contributed by atoms with E-state index in [9.17, 15) is 9.18 Å². The van der Waals surface area contributed by atoms with Crippen LogP contribution in [-0.4, -0.2) is 31.1 Å². The summed E-state index contributed by atoms with van der Waals surface area (Å²) in [6.45, 7) is 3.77. The van der Waals surface area contributed by atoms with Gasteiger partial charge in [0.15, 0.2) is 5.13 Å². The zero-order valence-corrected chi connectivity index (χ0v) is 12.6. The lowest BCUT2D eigenvalue weighted by Gasteiger charge is -2.08. The van der Waals surface area contributed by atoms with Crippen LogP contribution < -0.4 is 5.32 Å². The Morgan fingerprint density at radius 1 is 1.36 bits per heavy atom. The van der Waals surface area contributed by atoms with Crippen LogP contribution in [0.2, 0.25) is 0 Å². The van der Waals surface area contributed by atoms with Crippen molar-refractivity contribution >= 4 is 22.4 Å². The molecule has 0 aliphatic rings. The van der Waals surface area contributed by atoms with Gasteiger partial charge in [0.2, 0.25) is 0 Å². The molecule has 0 fully saturated rings. The third-order valence-electron chi connectivity index (χ3n) is 3.05. The fourth-order valence-corrected chi connectivity index (χ4v) is 2.66. The molecule has 22 heavy (non-hydrogen) atoms. The van der Waals surface area contributed by atoms with E-state index in [0.717, 1.165) is 16.6 Å². The van der Waals surface area contributed by atoms with Crippen LogP contribution in [0.15, 0.2) is 24.5 Å². The number of hydrogen-bond acceptors (Lipinski definition) is 6. The summed E-state index contributed by atoms with van der Waals surface area (Å²) in [5, 5.41) is 13.9. The maximum Gasteiger partial charge on any atom is 0.259 e. The predicted octanol–water partition coefficient (Wildman–Crippen LogP) is 2.13. The fraction of sp³-hybridized carbons (Fsp3) is 0.154. The first-order chi connectivity index (χ1) is 10.5. The van der Waals surface area contributed by atoms with Gasteiger partial charge in [-0.15, -0.1) is 16.4 Å². The highest BCUT2D eigenvalue weighted by atomic mass is 32.1.